The van der Waals surface area contributed by atoms with Crippen LogP contribution in [0.1, 0.15) is 0 Å². The number of hydrogen-bond donors (Lipinski definition) is 2. The van der Waals surface area contributed by atoms with E-state index in [4.69, 9.17) is 0 Å². The first-order valence-electron chi connectivity index (χ1n) is 3.13. The molecule has 0 saturated heterocycles. The normalized spacial score (nSPS) is 8.67. The number of para-hydroxylation sites is 1. The van der Waals surface area contributed by atoms with Crippen LogP contribution in [0.15, 0.2) is 30.5 Å². The fourth-order valence-electron chi connectivity index (χ4n) is 1.06. The zero-order valence-electron chi connectivity index (χ0n) is 5.33. The zero-order chi connectivity index (χ0) is 6.97. The number of aromatic nitrogens is 1. The molecule has 4 heteroatoms. The monoisotopic (exact) mass is 197 g/mol. The van der Waals surface area contributed by atoms with Crippen LogP contribution in [-0.2, 0) is 0 Å². The Labute approximate surface area is 135 Å². The molecule has 0 amide bonds. The van der Waals surface area contributed by atoms with E-state index in [1.807, 2.05) is 24.3 Å². The summed E-state index contributed by atoms with van der Waals surface area (Å²) < 4.78 is 0. The van der Waals surface area contributed by atoms with Crippen LogP contribution in [0.25, 0.3) is 10.9 Å². The molecule has 2 N–H and O–H groups in total. The summed E-state index contributed by atoms with van der Waals surface area (Å²) in [6, 6.07) is 7.63. The molecule has 1 aromatic carbocycles. The molecule has 0 aliphatic carbocycles. The molecule has 0 unspecified atom stereocenters. The number of fused-ring (bicyclic) bond motifs is 1. The molecule has 2 nitrogen and oxygen atoms in total. The minimum absolute atomic E-state index is 0. The third kappa shape index (κ3) is 2.59. The first-order chi connectivity index (χ1) is 4.88. The maximum atomic E-state index is 9.18. The fourth-order valence-corrected chi connectivity index (χ4v) is 1.06. The molecule has 12 heavy (non-hydrogen) atoms. The molecule has 0 aliphatic heterocycles. The first-order valence-corrected chi connectivity index (χ1v) is 3.13. The second kappa shape index (κ2) is 5.83. The summed E-state index contributed by atoms with van der Waals surface area (Å²) >= 11 is 0. The summed E-state index contributed by atoms with van der Waals surface area (Å²) in [6.07, 6.45) is 1.59. The Morgan fingerprint density at radius 1 is 1.17 bits per heavy atom. The van der Waals surface area contributed by atoms with E-state index >= 15 is 0 Å². The van der Waals surface area contributed by atoms with E-state index in [0.29, 0.717) is 5.75 Å². The van der Waals surface area contributed by atoms with Crippen molar-refractivity contribution in [1.82, 2.24) is 4.98 Å². The summed E-state index contributed by atoms with van der Waals surface area (Å²) in [7, 11) is 0. The predicted octanol–water partition coefficient (Wildman–Crippen LogP) is 0.576. The van der Waals surface area contributed by atoms with Crippen molar-refractivity contribution in [3.05, 3.63) is 30.5 Å². The van der Waals surface area contributed by atoms with Gasteiger partial charge in [-0.05, 0) is 12.1 Å². The van der Waals surface area contributed by atoms with Gasteiger partial charge in [-0.25, -0.2) is 0 Å². The van der Waals surface area contributed by atoms with Crippen molar-refractivity contribution in [1.29, 1.82) is 0 Å². The zero-order valence-corrected chi connectivity index (χ0v) is 5.33. The van der Waals surface area contributed by atoms with Gasteiger partial charge in [0.15, 0.2) is 0 Å². The molecule has 0 fully saturated rings. The number of benzene rings is 1. The van der Waals surface area contributed by atoms with Crippen LogP contribution in [0.2, 0.25) is 0 Å². The molecular formula is C8H9KNNaO. The number of aromatic amines is 1. The van der Waals surface area contributed by atoms with Crippen molar-refractivity contribution in [2.75, 3.05) is 0 Å². The van der Waals surface area contributed by atoms with Crippen LogP contribution in [0.4, 0.5) is 0 Å². The van der Waals surface area contributed by atoms with Gasteiger partial charge in [0.05, 0.1) is 0 Å². The van der Waals surface area contributed by atoms with Crippen molar-refractivity contribution in [2.24, 2.45) is 0 Å². The Morgan fingerprint density at radius 2 is 1.83 bits per heavy atom. The van der Waals surface area contributed by atoms with E-state index in [0.717, 1.165) is 10.9 Å². The van der Waals surface area contributed by atoms with E-state index in [9.17, 15) is 5.11 Å². The summed E-state index contributed by atoms with van der Waals surface area (Å²) in [6.45, 7) is 0. The molecule has 1 aromatic heterocycles. The van der Waals surface area contributed by atoms with E-state index < -0.39 is 0 Å². The molecule has 0 atom stereocenters. The minimum atomic E-state index is 0. The molecule has 0 aliphatic rings. The third-order valence-electron chi connectivity index (χ3n) is 1.57. The second-order valence-electron chi connectivity index (χ2n) is 2.22. The SMILES string of the molecule is Oc1c[nH]c2ccccc12.[KH].[NaH]. The van der Waals surface area contributed by atoms with Crippen molar-refractivity contribution >= 4 is 91.8 Å². The van der Waals surface area contributed by atoms with E-state index in [1.54, 1.807) is 6.20 Å². The van der Waals surface area contributed by atoms with Gasteiger partial charge >= 0.3 is 80.9 Å². The van der Waals surface area contributed by atoms with Gasteiger partial charge in [-0.1, -0.05) is 12.1 Å². The van der Waals surface area contributed by atoms with E-state index in [2.05, 4.69) is 4.98 Å². The van der Waals surface area contributed by atoms with Gasteiger partial charge in [0.2, 0.25) is 0 Å². The summed E-state index contributed by atoms with van der Waals surface area (Å²) in [4.78, 5) is 2.94. The van der Waals surface area contributed by atoms with Gasteiger partial charge in [-0.2, -0.15) is 0 Å². The molecular weight excluding hydrogens is 188 g/mol. The van der Waals surface area contributed by atoms with Crippen LogP contribution >= 0.6 is 0 Å². The molecule has 54 valence electrons. The fraction of sp³-hybridized carbons (Fsp3) is 0. The molecule has 2 aromatic rings. The van der Waals surface area contributed by atoms with Crippen molar-refractivity contribution < 1.29 is 5.11 Å². The maximum absolute atomic E-state index is 9.18. The van der Waals surface area contributed by atoms with Crippen molar-refractivity contribution in [3.8, 4) is 5.75 Å². The molecule has 0 bridgehead atoms. The number of nitrogens with one attached hydrogen (secondary N) is 1. The van der Waals surface area contributed by atoms with E-state index in [1.165, 1.54) is 0 Å². The van der Waals surface area contributed by atoms with E-state index in [-0.39, 0.29) is 80.9 Å². The predicted molar refractivity (Wildman–Crippen MR) is 54.3 cm³/mol. The van der Waals surface area contributed by atoms with Gasteiger partial charge in [0.25, 0.3) is 0 Å². The van der Waals surface area contributed by atoms with Crippen molar-refractivity contribution in [3.63, 3.8) is 0 Å². The Hall–Kier alpha value is 1.20. The molecule has 0 spiro atoms. The quantitative estimate of drug-likeness (QED) is 0.595. The molecule has 1 heterocycles. The van der Waals surface area contributed by atoms with Gasteiger partial charge in [-0.15, -0.1) is 0 Å². The molecule has 2 rings (SSSR count). The van der Waals surface area contributed by atoms with Crippen LogP contribution in [0.3, 0.4) is 0 Å². The average molecular weight is 197 g/mol. The number of aromatic hydroxyl groups is 1. The van der Waals surface area contributed by atoms with Crippen LogP contribution in [-0.4, -0.2) is 91.0 Å². The van der Waals surface area contributed by atoms with Crippen LogP contribution < -0.4 is 0 Å². The standard InChI is InChI=1S/C8H7NO.K.Na.2H/c10-8-5-9-7-4-2-1-3-6(7)8;;;;/h1-5,9-10H;;;;. The Bertz CT molecular complexity index is 361. The first kappa shape index (κ1) is 13.2. The topological polar surface area (TPSA) is 36.0 Å². The summed E-state index contributed by atoms with van der Waals surface area (Å²) in [5, 5.41) is 10.1. The van der Waals surface area contributed by atoms with Gasteiger partial charge < -0.3 is 10.1 Å². The van der Waals surface area contributed by atoms with Gasteiger partial charge in [0, 0.05) is 17.1 Å². The molecule has 0 saturated carbocycles. The van der Waals surface area contributed by atoms with Crippen LogP contribution in [0.5, 0.6) is 5.75 Å². The Kier molecular flexibility index (Phi) is 6.41. The average Bonchev–Trinajstić information content (AvgIpc) is 2.34. The Balaban J connectivity index is 0.000000605. The number of hydrogen-bond acceptors (Lipinski definition) is 1. The van der Waals surface area contributed by atoms with Gasteiger partial charge in [0.1, 0.15) is 5.75 Å². The number of rotatable bonds is 0. The van der Waals surface area contributed by atoms with Crippen molar-refractivity contribution in [2.45, 2.75) is 0 Å². The summed E-state index contributed by atoms with van der Waals surface area (Å²) in [5.41, 5.74) is 0.972. The second-order valence-corrected chi connectivity index (χ2v) is 2.22. The molecule has 0 radical (unpaired) electrons. The van der Waals surface area contributed by atoms with Gasteiger partial charge in [-0.3, -0.25) is 0 Å². The number of H-pyrrole nitrogens is 1. The van der Waals surface area contributed by atoms with Crippen LogP contribution in [0, 0.1) is 0 Å². The Morgan fingerprint density at radius 3 is 2.50 bits per heavy atom. The third-order valence-corrected chi connectivity index (χ3v) is 1.57. The summed E-state index contributed by atoms with van der Waals surface area (Å²) in [5.74, 6) is 0.315.